The molecule has 21 heavy (non-hydrogen) atoms. The molecule has 4 heteroatoms. The Bertz CT molecular complexity index is 735. The summed E-state index contributed by atoms with van der Waals surface area (Å²) in [5.74, 6) is -0.534. The first kappa shape index (κ1) is 13.9. The standard InChI is InChI=1S/C17H13ClO3/c1-21-17(20)15-14(10-5-3-2-4-6-10)12-8-7-11(18)9-13(12)16(15)19/h2-9,16,19H,1H3. The first-order valence-corrected chi connectivity index (χ1v) is 6.87. The molecule has 0 bridgehead atoms. The van der Waals surface area contributed by atoms with Crippen molar-refractivity contribution in [2.75, 3.05) is 7.11 Å². The lowest BCUT2D eigenvalue weighted by molar-refractivity contribution is -0.137. The predicted molar refractivity (Wildman–Crippen MR) is 80.9 cm³/mol. The van der Waals surface area contributed by atoms with Crippen LogP contribution >= 0.6 is 11.6 Å². The minimum atomic E-state index is -1.03. The number of benzene rings is 2. The maximum absolute atomic E-state index is 12.1. The van der Waals surface area contributed by atoms with Crippen LogP contribution in [0.4, 0.5) is 0 Å². The fourth-order valence-corrected chi connectivity index (χ4v) is 2.84. The summed E-state index contributed by atoms with van der Waals surface area (Å²) in [7, 11) is 1.31. The Kier molecular flexibility index (Phi) is 3.53. The fourth-order valence-electron chi connectivity index (χ4n) is 2.66. The van der Waals surface area contributed by atoms with Gasteiger partial charge in [-0.3, -0.25) is 0 Å². The summed E-state index contributed by atoms with van der Waals surface area (Å²) in [5.41, 5.74) is 3.24. The normalized spacial score (nSPS) is 16.8. The van der Waals surface area contributed by atoms with Gasteiger partial charge in [-0.2, -0.15) is 0 Å². The van der Waals surface area contributed by atoms with Crippen LogP contribution in [-0.4, -0.2) is 18.2 Å². The molecule has 2 aromatic rings. The monoisotopic (exact) mass is 300 g/mol. The predicted octanol–water partition coefficient (Wildman–Crippen LogP) is 3.36. The van der Waals surface area contributed by atoms with E-state index >= 15 is 0 Å². The minimum Gasteiger partial charge on any atom is -0.466 e. The van der Waals surface area contributed by atoms with Crippen LogP contribution in [0, 0.1) is 0 Å². The van der Waals surface area contributed by atoms with E-state index in [4.69, 9.17) is 16.3 Å². The van der Waals surface area contributed by atoms with Gasteiger partial charge in [0.15, 0.2) is 0 Å². The minimum absolute atomic E-state index is 0.251. The first-order chi connectivity index (χ1) is 10.1. The first-order valence-electron chi connectivity index (χ1n) is 6.49. The quantitative estimate of drug-likeness (QED) is 0.865. The second-order valence-corrected chi connectivity index (χ2v) is 5.22. The number of methoxy groups -OCH3 is 1. The van der Waals surface area contributed by atoms with Crippen LogP contribution in [0.1, 0.15) is 22.8 Å². The zero-order valence-corrected chi connectivity index (χ0v) is 12.1. The van der Waals surface area contributed by atoms with Crippen molar-refractivity contribution in [2.24, 2.45) is 0 Å². The van der Waals surface area contributed by atoms with Crippen molar-refractivity contribution < 1.29 is 14.6 Å². The molecule has 3 nitrogen and oxygen atoms in total. The van der Waals surface area contributed by atoms with E-state index in [1.165, 1.54) is 7.11 Å². The summed E-state index contributed by atoms with van der Waals surface area (Å²) < 4.78 is 4.83. The van der Waals surface area contributed by atoms with Crippen molar-refractivity contribution in [1.29, 1.82) is 0 Å². The third-order valence-corrected chi connectivity index (χ3v) is 3.82. The van der Waals surface area contributed by atoms with E-state index in [9.17, 15) is 9.90 Å². The number of fused-ring (bicyclic) bond motifs is 1. The molecule has 2 aromatic carbocycles. The highest BCUT2D eigenvalue weighted by molar-refractivity contribution is 6.30. The highest BCUT2D eigenvalue weighted by atomic mass is 35.5. The molecule has 106 valence electrons. The van der Waals surface area contributed by atoms with Crippen LogP contribution in [0.25, 0.3) is 5.57 Å². The van der Waals surface area contributed by atoms with Crippen molar-refractivity contribution in [3.05, 3.63) is 75.8 Å². The molecule has 3 rings (SSSR count). The molecule has 0 saturated heterocycles. The van der Waals surface area contributed by atoms with E-state index in [1.54, 1.807) is 12.1 Å². The van der Waals surface area contributed by atoms with E-state index in [1.807, 2.05) is 36.4 Å². The number of aliphatic hydroxyl groups is 1. The van der Waals surface area contributed by atoms with Crippen LogP contribution in [-0.2, 0) is 9.53 Å². The molecule has 0 heterocycles. The van der Waals surface area contributed by atoms with Gasteiger partial charge in [-0.25, -0.2) is 4.79 Å². The molecule has 1 aliphatic rings. The molecule has 0 saturated carbocycles. The van der Waals surface area contributed by atoms with E-state index in [0.717, 1.165) is 11.1 Å². The number of hydrogen-bond donors (Lipinski definition) is 1. The fraction of sp³-hybridized carbons (Fsp3) is 0.118. The van der Waals surface area contributed by atoms with Crippen LogP contribution in [0.5, 0.6) is 0 Å². The average molecular weight is 301 g/mol. The molecular formula is C17H13ClO3. The van der Waals surface area contributed by atoms with Gasteiger partial charge in [0, 0.05) is 10.6 Å². The summed E-state index contributed by atoms with van der Waals surface area (Å²) >= 11 is 6.00. The highest BCUT2D eigenvalue weighted by Crippen LogP contribution is 2.44. The Morgan fingerprint density at radius 1 is 1.19 bits per heavy atom. The number of aliphatic hydroxyl groups excluding tert-OH is 1. The molecular weight excluding hydrogens is 288 g/mol. The van der Waals surface area contributed by atoms with Gasteiger partial charge in [0.1, 0.15) is 6.10 Å². The second kappa shape index (κ2) is 5.35. The van der Waals surface area contributed by atoms with E-state index in [-0.39, 0.29) is 5.57 Å². The molecule has 1 N–H and O–H groups in total. The third kappa shape index (κ3) is 2.24. The van der Waals surface area contributed by atoms with Crippen LogP contribution < -0.4 is 0 Å². The Morgan fingerprint density at radius 2 is 1.90 bits per heavy atom. The summed E-state index contributed by atoms with van der Waals surface area (Å²) in [4.78, 5) is 12.1. The highest BCUT2D eigenvalue weighted by Gasteiger charge is 2.35. The number of esters is 1. The van der Waals surface area contributed by atoms with Crippen LogP contribution in [0.3, 0.4) is 0 Å². The zero-order chi connectivity index (χ0) is 15.0. The number of rotatable bonds is 2. The Hall–Kier alpha value is -2.10. The average Bonchev–Trinajstić information content (AvgIpc) is 2.80. The Balaban J connectivity index is 2.28. The van der Waals surface area contributed by atoms with Crippen molar-refractivity contribution in [1.82, 2.24) is 0 Å². The van der Waals surface area contributed by atoms with E-state index in [2.05, 4.69) is 0 Å². The molecule has 0 aromatic heterocycles. The largest absolute Gasteiger partial charge is 0.466 e. The van der Waals surface area contributed by atoms with Crippen LogP contribution in [0.2, 0.25) is 5.02 Å². The molecule has 1 aliphatic carbocycles. The molecule has 1 atom stereocenters. The molecule has 1 unspecified atom stereocenters. The summed E-state index contributed by atoms with van der Waals surface area (Å²) in [6.07, 6.45) is -1.03. The van der Waals surface area contributed by atoms with Gasteiger partial charge in [-0.1, -0.05) is 48.0 Å². The van der Waals surface area contributed by atoms with Gasteiger partial charge in [0.2, 0.25) is 0 Å². The third-order valence-electron chi connectivity index (χ3n) is 3.59. The van der Waals surface area contributed by atoms with Crippen LogP contribution in [0.15, 0.2) is 54.1 Å². The number of halogens is 1. The number of carbonyl (C=O) groups excluding carboxylic acids is 1. The lowest BCUT2D eigenvalue weighted by Crippen LogP contribution is -2.11. The maximum atomic E-state index is 12.1. The smallest absolute Gasteiger partial charge is 0.337 e. The number of ether oxygens (including phenoxy) is 1. The topological polar surface area (TPSA) is 46.5 Å². The Morgan fingerprint density at radius 3 is 2.57 bits per heavy atom. The number of carbonyl (C=O) groups is 1. The lowest BCUT2D eigenvalue weighted by Gasteiger charge is -2.09. The van der Waals surface area contributed by atoms with E-state index in [0.29, 0.717) is 16.2 Å². The van der Waals surface area contributed by atoms with Crippen molar-refractivity contribution >= 4 is 23.1 Å². The Labute approximate surface area is 127 Å². The van der Waals surface area contributed by atoms with Gasteiger partial charge in [0.25, 0.3) is 0 Å². The molecule has 0 spiro atoms. The van der Waals surface area contributed by atoms with Gasteiger partial charge in [0.05, 0.1) is 12.7 Å². The van der Waals surface area contributed by atoms with Crippen molar-refractivity contribution in [2.45, 2.75) is 6.10 Å². The summed E-state index contributed by atoms with van der Waals surface area (Å²) in [6, 6.07) is 14.7. The second-order valence-electron chi connectivity index (χ2n) is 4.78. The van der Waals surface area contributed by atoms with Gasteiger partial charge >= 0.3 is 5.97 Å². The van der Waals surface area contributed by atoms with Gasteiger partial charge in [-0.15, -0.1) is 0 Å². The van der Waals surface area contributed by atoms with Crippen molar-refractivity contribution in [3.63, 3.8) is 0 Å². The molecule has 0 amide bonds. The van der Waals surface area contributed by atoms with E-state index < -0.39 is 12.1 Å². The summed E-state index contributed by atoms with van der Waals surface area (Å²) in [6.45, 7) is 0. The SMILES string of the molecule is COC(=O)C1=C(c2ccccc2)c2ccc(Cl)cc2C1O. The number of hydrogen-bond acceptors (Lipinski definition) is 3. The lowest BCUT2D eigenvalue weighted by atomic mass is 9.97. The molecule has 0 fully saturated rings. The molecule has 0 aliphatic heterocycles. The molecule has 0 radical (unpaired) electrons. The maximum Gasteiger partial charge on any atom is 0.337 e. The zero-order valence-electron chi connectivity index (χ0n) is 11.3. The van der Waals surface area contributed by atoms with Crippen molar-refractivity contribution in [3.8, 4) is 0 Å². The summed E-state index contributed by atoms with van der Waals surface area (Å²) in [5, 5.41) is 11.0. The van der Waals surface area contributed by atoms with Gasteiger partial charge < -0.3 is 9.84 Å². The van der Waals surface area contributed by atoms with Gasteiger partial charge in [-0.05, 0) is 28.8 Å².